The Hall–Kier alpha value is -3.51. The van der Waals surface area contributed by atoms with Gasteiger partial charge in [-0.1, -0.05) is 25.5 Å². The predicted molar refractivity (Wildman–Crippen MR) is 161 cm³/mol. The molecule has 2 heterocycles. The largest absolute Gasteiger partial charge is 0.493 e. The average molecular weight is 618 g/mol. The van der Waals surface area contributed by atoms with Crippen LogP contribution in [0.15, 0.2) is 52.2 Å². The second-order valence-electron chi connectivity index (χ2n) is 9.40. The lowest BCUT2D eigenvalue weighted by Gasteiger charge is -2.17. The van der Waals surface area contributed by atoms with Gasteiger partial charge in [0.25, 0.3) is 10.0 Å². The summed E-state index contributed by atoms with van der Waals surface area (Å²) in [5, 5.41) is 0. The molecule has 42 heavy (non-hydrogen) atoms. The third-order valence-corrected chi connectivity index (χ3v) is 9.71. The van der Waals surface area contributed by atoms with Crippen molar-refractivity contribution in [2.24, 2.45) is 0 Å². The molecule has 0 saturated heterocycles. The van der Waals surface area contributed by atoms with E-state index in [1.54, 1.807) is 52.0 Å². The molecule has 0 amide bonds. The Kier molecular flexibility index (Phi) is 9.88. The Balaban J connectivity index is 1.67. The minimum atomic E-state index is -4.05. The van der Waals surface area contributed by atoms with Gasteiger partial charge in [-0.15, -0.1) is 0 Å². The van der Waals surface area contributed by atoms with Crippen molar-refractivity contribution in [1.82, 2.24) is 19.4 Å². The summed E-state index contributed by atoms with van der Waals surface area (Å²) < 4.78 is 60.1. The van der Waals surface area contributed by atoms with Crippen molar-refractivity contribution in [1.29, 1.82) is 0 Å². The quantitative estimate of drug-likeness (QED) is 0.179. The van der Waals surface area contributed by atoms with E-state index in [4.69, 9.17) is 13.8 Å². The van der Waals surface area contributed by atoms with Gasteiger partial charge in [0.2, 0.25) is 0 Å². The zero-order valence-corrected chi connectivity index (χ0v) is 26.0. The normalized spacial score (nSPS) is 12.1. The molecular formula is C28H36N5O7PS. The molecule has 12 nitrogen and oxygen atoms in total. The van der Waals surface area contributed by atoms with Crippen molar-refractivity contribution in [3.8, 4) is 17.1 Å². The fourth-order valence-electron chi connectivity index (χ4n) is 4.54. The molecule has 0 aliphatic heterocycles. The molecule has 4 rings (SSSR count). The second-order valence-corrected chi connectivity index (χ2v) is 13.1. The Labute approximate surface area is 245 Å². The van der Waals surface area contributed by atoms with Crippen LogP contribution in [-0.2, 0) is 36.2 Å². The van der Waals surface area contributed by atoms with Gasteiger partial charge in [0.1, 0.15) is 17.4 Å². The molecule has 0 fully saturated rings. The minimum Gasteiger partial charge on any atom is -0.493 e. The van der Waals surface area contributed by atoms with Crippen LogP contribution >= 0.6 is 7.60 Å². The lowest BCUT2D eigenvalue weighted by molar-refractivity contribution is 0.219. The van der Waals surface area contributed by atoms with Crippen LogP contribution in [0.5, 0.6) is 5.75 Å². The van der Waals surface area contributed by atoms with Crippen LogP contribution in [0.25, 0.3) is 17.0 Å². The summed E-state index contributed by atoms with van der Waals surface area (Å²) in [6, 6.07) is 10.9. The number of rotatable bonds is 14. The molecule has 226 valence electrons. The van der Waals surface area contributed by atoms with Crippen molar-refractivity contribution < 1.29 is 26.8 Å². The molecule has 0 aliphatic rings. The maximum absolute atomic E-state index is 13.4. The van der Waals surface area contributed by atoms with E-state index in [0.717, 1.165) is 6.42 Å². The third-order valence-electron chi connectivity index (χ3n) is 6.27. The van der Waals surface area contributed by atoms with Gasteiger partial charge in [-0.3, -0.25) is 14.3 Å². The van der Waals surface area contributed by atoms with Crippen molar-refractivity contribution in [3.63, 3.8) is 0 Å². The number of aromatic amines is 1. The number of hydrogen-bond acceptors (Lipinski definition) is 9. The number of aryl methyl sites for hydroxylation is 2. The summed E-state index contributed by atoms with van der Waals surface area (Å²) in [5.41, 5.74) is 1.97. The van der Waals surface area contributed by atoms with Crippen LogP contribution in [-0.4, -0.2) is 47.6 Å². The summed E-state index contributed by atoms with van der Waals surface area (Å²) in [6.07, 6.45) is 1.52. The fourth-order valence-corrected chi connectivity index (χ4v) is 7.33. The van der Waals surface area contributed by atoms with Crippen molar-refractivity contribution >= 4 is 29.0 Å². The minimum absolute atomic E-state index is 0.0526. The topological polar surface area (TPSA) is 154 Å². The second kappa shape index (κ2) is 13.2. The SMILES string of the molecule is CCCc1nc(C)n2c(=O)[nH]c(-c3cc(S(=O)(=O)Nc4ccc(CP(=O)(OCC)OCC)cc4)ccc3OCC)nc12. The summed E-state index contributed by atoms with van der Waals surface area (Å²) in [4.78, 5) is 24.9. The first-order chi connectivity index (χ1) is 20.0. The van der Waals surface area contributed by atoms with Gasteiger partial charge in [0, 0.05) is 5.69 Å². The first kappa shape index (κ1) is 31.4. The molecule has 2 aromatic heterocycles. The Morgan fingerprint density at radius 2 is 1.67 bits per heavy atom. The first-order valence-electron chi connectivity index (χ1n) is 13.8. The number of benzene rings is 2. The zero-order chi connectivity index (χ0) is 30.5. The van der Waals surface area contributed by atoms with E-state index < -0.39 is 23.3 Å². The lowest BCUT2D eigenvalue weighted by atomic mass is 10.2. The van der Waals surface area contributed by atoms with Crippen LogP contribution in [0.3, 0.4) is 0 Å². The van der Waals surface area contributed by atoms with Crippen LogP contribution in [0.2, 0.25) is 0 Å². The fraction of sp³-hybridized carbons (Fsp3) is 0.393. The lowest BCUT2D eigenvalue weighted by Crippen LogP contribution is -2.20. The van der Waals surface area contributed by atoms with Gasteiger partial charge in [0.15, 0.2) is 5.65 Å². The first-order valence-corrected chi connectivity index (χ1v) is 17.0. The van der Waals surface area contributed by atoms with Gasteiger partial charge < -0.3 is 13.8 Å². The molecule has 0 unspecified atom stereocenters. The molecule has 0 spiro atoms. The van der Waals surface area contributed by atoms with Gasteiger partial charge in [-0.2, -0.15) is 0 Å². The van der Waals surface area contributed by atoms with E-state index in [1.165, 1.54) is 22.6 Å². The maximum atomic E-state index is 13.4. The highest BCUT2D eigenvalue weighted by atomic mass is 32.2. The van der Waals surface area contributed by atoms with Crippen LogP contribution in [0.1, 0.15) is 51.2 Å². The smallest absolute Gasteiger partial charge is 0.335 e. The number of anilines is 1. The molecule has 2 N–H and O–H groups in total. The third kappa shape index (κ3) is 6.92. The summed E-state index contributed by atoms with van der Waals surface area (Å²) >= 11 is 0. The molecular weight excluding hydrogens is 581 g/mol. The highest BCUT2D eigenvalue weighted by Gasteiger charge is 2.25. The number of ether oxygens (including phenoxy) is 1. The monoisotopic (exact) mass is 617 g/mol. The number of fused-ring (bicyclic) bond motifs is 1. The Morgan fingerprint density at radius 3 is 2.29 bits per heavy atom. The average Bonchev–Trinajstić information content (AvgIpc) is 3.25. The summed E-state index contributed by atoms with van der Waals surface area (Å²) in [5.74, 6) is 1.06. The summed E-state index contributed by atoms with van der Waals surface area (Å²) in [6.45, 7) is 9.85. The number of sulfonamides is 1. The molecule has 2 aromatic carbocycles. The van der Waals surface area contributed by atoms with Gasteiger partial charge in [-0.25, -0.2) is 27.6 Å². The number of nitrogens with one attached hydrogen (secondary N) is 2. The van der Waals surface area contributed by atoms with Crippen LogP contribution < -0.4 is 15.1 Å². The van der Waals surface area contributed by atoms with Gasteiger partial charge in [0.05, 0.1) is 42.1 Å². The van der Waals surface area contributed by atoms with Crippen molar-refractivity contribution in [2.75, 3.05) is 24.5 Å². The van der Waals surface area contributed by atoms with Gasteiger partial charge >= 0.3 is 13.3 Å². The Bertz CT molecular complexity index is 1760. The maximum Gasteiger partial charge on any atom is 0.335 e. The van der Waals surface area contributed by atoms with Crippen molar-refractivity contribution in [2.45, 2.75) is 58.5 Å². The number of imidazole rings is 1. The number of hydrogen-bond donors (Lipinski definition) is 2. The predicted octanol–water partition coefficient (Wildman–Crippen LogP) is 5.31. The zero-order valence-electron chi connectivity index (χ0n) is 24.3. The molecule has 0 aliphatic carbocycles. The molecule has 0 radical (unpaired) electrons. The van der Waals surface area contributed by atoms with E-state index in [2.05, 4.69) is 19.7 Å². The Morgan fingerprint density at radius 1 is 0.976 bits per heavy atom. The summed E-state index contributed by atoms with van der Waals surface area (Å²) in [7, 11) is -7.36. The van der Waals surface area contributed by atoms with Crippen molar-refractivity contribution in [3.05, 3.63) is 70.0 Å². The molecule has 14 heteroatoms. The molecule has 0 saturated carbocycles. The molecule has 4 aromatic rings. The number of H-pyrrole nitrogens is 1. The highest BCUT2D eigenvalue weighted by Crippen LogP contribution is 2.51. The molecule has 0 bridgehead atoms. The van der Waals surface area contributed by atoms with E-state index in [9.17, 15) is 17.8 Å². The van der Waals surface area contributed by atoms with E-state index >= 15 is 0 Å². The van der Waals surface area contributed by atoms with Crippen LogP contribution in [0.4, 0.5) is 5.69 Å². The highest BCUT2D eigenvalue weighted by molar-refractivity contribution is 7.92. The number of nitrogens with zero attached hydrogens (tertiary/aromatic N) is 3. The molecule has 0 atom stereocenters. The van der Waals surface area contributed by atoms with Gasteiger partial charge in [-0.05, 0) is 70.0 Å². The van der Waals surface area contributed by atoms with E-state index in [1.807, 2.05) is 6.92 Å². The van der Waals surface area contributed by atoms with E-state index in [-0.39, 0.29) is 30.1 Å². The van der Waals surface area contributed by atoms with Crippen LogP contribution in [0, 0.1) is 6.92 Å². The standard InChI is InChI=1S/C28H36N5O7PS/c1-6-10-24-27-30-26(31-28(34)33(27)19(5)29-24)23-17-22(15-16-25(23)38-7-2)42(36,37)32-21-13-11-20(12-14-21)18-41(35,39-8-3)40-9-4/h11-17,32H,6-10,18H2,1-5H3,(H,30,31,34). The number of aromatic nitrogens is 4. The van der Waals surface area contributed by atoms with E-state index in [0.29, 0.717) is 52.8 Å².